The standard InChI is InChI=1S/C11H16ClNO/c1-7(2)11(13)9-6-8(14-3)4-5-10(9)12/h4-7,11H,13H2,1-3H3/t11-/m1/s1. The van der Waals surface area contributed by atoms with E-state index in [-0.39, 0.29) is 6.04 Å². The molecule has 0 heterocycles. The number of methoxy groups -OCH3 is 1. The normalized spacial score (nSPS) is 13.0. The van der Waals surface area contributed by atoms with Crippen LogP contribution >= 0.6 is 11.6 Å². The average molecular weight is 214 g/mol. The molecule has 2 N–H and O–H groups in total. The van der Waals surface area contributed by atoms with Gasteiger partial charge < -0.3 is 10.5 Å². The summed E-state index contributed by atoms with van der Waals surface area (Å²) in [5, 5.41) is 0.701. The van der Waals surface area contributed by atoms with Crippen molar-refractivity contribution in [2.75, 3.05) is 7.11 Å². The highest BCUT2D eigenvalue weighted by Crippen LogP contribution is 2.29. The molecule has 78 valence electrons. The van der Waals surface area contributed by atoms with Crippen molar-refractivity contribution in [1.82, 2.24) is 0 Å². The van der Waals surface area contributed by atoms with Crippen LogP contribution in [0.15, 0.2) is 18.2 Å². The molecule has 0 spiro atoms. The van der Waals surface area contributed by atoms with E-state index in [0.717, 1.165) is 11.3 Å². The first-order valence-electron chi connectivity index (χ1n) is 4.65. The molecule has 3 heteroatoms. The maximum atomic E-state index is 6.06. The smallest absolute Gasteiger partial charge is 0.119 e. The van der Waals surface area contributed by atoms with E-state index in [2.05, 4.69) is 13.8 Å². The quantitative estimate of drug-likeness (QED) is 0.838. The Bertz CT molecular complexity index is 312. The van der Waals surface area contributed by atoms with Crippen molar-refractivity contribution in [3.63, 3.8) is 0 Å². The average Bonchev–Trinajstić information content (AvgIpc) is 2.17. The van der Waals surface area contributed by atoms with E-state index < -0.39 is 0 Å². The molecule has 0 bridgehead atoms. The number of ether oxygens (including phenoxy) is 1. The Morgan fingerprint density at radius 2 is 2.00 bits per heavy atom. The van der Waals surface area contributed by atoms with E-state index in [0.29, 0.717) is 10.9 Å². The highest BCUT2D eigenvalue weighted by Gasteiger charge is 2.14. The van der Waals surface area contributed by atoms with Crippen molar-refractivity contribution in [3.8, 4) is 5.75 Å². The molecule has 1 aromatic rings. The molecule has 0 aliphatic heterocycles. The van der Waals surface area contributed by atoms with Crippen molar-refractivity contribution in [3.05, 3.63) is 28.8 Å². The Balaban J connectivity index is 3.05. The van der Waals surface area contributed by atoms with Crippen LogP contribution in [0.4, 0.5) is 0 Å². The third-order valence-corrected chi connectivity index (χ3v) is 2.62. The Morgan fingerprint density at radius 1 is 1.36 bits per heavy atom. The second kappa shape index (κ2) is 4.67. The number of rotatable bonds is 3. The summed E-state index contributed by atoms with van der Waals surface area (Å²) in [5.41, 5.74) is 6.97. The van der Waals surface area contributed by atoms with E-state index in [9.17, 15) is 0 Å². The Labute approximate surface area is 90.0 Å². The Morgan fingerprint density at radius 3 is 2.50 bits per heavy atom. The second-order valence-electron chi connectivity index (χ2n) is 3.66. The molecule has 2 nitrogen and oxygen atoms in total. The van der Waals surface area contributed by atoms with Crippen molar-refractivity contribution < 1.29 is 4.74 Å². The predicted molar refractivity (Wildman–Crippen MR) is 59.8 cm³/mol. The molecular weight excluding hydrogens is 198 g/mol. The lowest BCUT2D eigenvalue weighted by atomic mass is 9.97. The Hall–Kier alpha value is -0.730. The molecule has 0 saturated carbocycles. The fraction of sp³-hybridized carbons (Fsp3) is 0.455. The summed E-state index contributed by atoms with van der Waals surface area (Å²) < 4.78 is 5.13. The van der Waals surface area contributed by atoms with Crippen molar-refractivity contribution in [2.45, 2.75) is 19.9 Å². The zero-order valence-electron chi connectivity index (χ0n) is 8.75. The summed E-state index contributed by atoms with van der Waals surface area (Å²) in [4.78, 5) is 0. The van der Waals surface area contributed by atoms with Gasteiger partial charge in [-0.15, -0.1) is 0 Å². The highest BCUT2D eigenvalue weighted by atomic mass is 35.5. The van der Waals surface area contributed by atoms with Gasteiger partial charge in [0.2, 0.25) is 0 Å². The van der Waals surface area contributed by atoms with Gasteiger partial charge in [0.05, 0.1) is 7.11 Å². The monoisotopic (exact) mass is 213 g/mol. The fourth-order valence-electron chi connectivity index (χ4n) is 1.26. The molecule has 0 saturated heterocycles. The van der Waals surface area contributed by atoms with E-state index in [4.69, 9.17) is 22.1 Å². The third-order valence-electron chi connectivity index (χ3n) is 2.28. The first-order valence-corrected chi connectivity index (χ1v) is 5.03. The predicted octanol–water partition coefficient (Wildman–Crippen LogP) is 3.00. The topological polar surface area (TPSA) is 35.2 Å². The number of benzene rings is 1. The van der Waals surface area contributed by atoms with Gasteiger partial charge in [-0.05, 0) is 29.7 Å². The number of nitrogens with two attached hydrogens (primary N) is 1. The van der Waals surface area contributed by atoms with E-state index >= 15 is 0 Å². The van der Waals surface area contributed by atoms with E-state index in [1.807, 2.05) is 18.2 Å². The third kappa shape index (κ3) is 2.40. The SMILES string of the molecule is COc1ccc(Cl)c([C@H](N)C(C)C)c1. The summed E-state index contributed by atoms with van der Waals surface area (Å²) in [6.45, 7) is 4.14. The lowest BCUT2D eigenvalue weighted by Crippen LogP contribution is -2.17. The largest absolute Gasteiger partial charge is 0.497 e. The van der Waals surface area contributed by atoms with Gasteiger partial charge in [-0.2, -0.15) is 0 Å². The van der Waals surface area contributed by atoms with Crippen LogP contribution in [0.2, 0.25) is 5.02 Å². The summed E-state index contributed by atoms with van der Waals surface area (Å²) >= 11 is 6.06. The minimum atomic E-state index is -0.0439. The van der Waals surface area contributed by atoms with Crippen LogP contribution in [-0.4, -0.2) is 7.11 Å². The second-order valence-corrected chi connectivity index (χ2v) is 4.06. The van der Waals surface area contributed by atoms with Crippen LogP contribution < -0.4 is 10.5 Å². The molecule has 14 heavy (non-hydrogen) atoms. The molecule has 1 aromatic carbocycles. The zero-order chi connectivity index (χ0) is 10.7. The van der Waals surface area contributed by atoms with E-state index in [1.165, 1.54) is 0 Å². The van der Waals surface area contributed by atoms with Crippen LogP contribution in [-0.2, 0) is 0 Å². The van der Waals surface area contributed by atoms with Gasteiger partial charge in [0, 0.05) is 11.1 Å². The number of halogens is 1. The lowest BCUT2D eigenvalue weighted by molar-refractivity contribution is 0.412. The molecule has 0 unspecified atom stereocenters. The molecule has 0 aromatic heterocycles. The molecule has 0 aliphatic rings. The van der Waals surface area contributed by atoms with E-state index in [1.54, 1.807) is 7.11 Å². The summed E-state index contributed by atoms with van der Waals surface area (Å²) in [6.07, 6.45) is 0. The number of hydrogen-bond acceptors (Lipinski definition) is 2. The molecule has 0 aliphatic carbocycles. The molecule has 1 rings (SSSR count). The van der Waals surface area contributed by atoms with Crippen molar-refractivity contribution in [2.24, 2.45) is 11.7 Å². The minimum Gasteiger partial charge on any atom is -0.497 e. The Kier molecular flexibility index (Phi) is 3.78. The van der Waals surface area contributed by atoms with Gasteiger partial charge in [0.25, 0.3) is 0 Å². The van der Waals surface area contributed by atoms with Crippen LogP contribution in [0, 0.1) is 5.92 Å². The summed E-state index contributed by atoms with van der Waals surface area (Å²) in [6, 6.07) is 5.50. The zero-order valence-corrected chi connectivity index (χ0v) is 9.51. The van der Waals surface area contributed by atoms with Gasteiger partial charge in [-0.3, -0.25) is 0 Å². The van der Waals surface area contributed by atoms with Crippen LogP contribution in [0.5, 0.6) is 5.75 Å². The molecule has 1 atom stereocenters. The minimum absolute atomic E-state index is 0.0439. The number of hydrogen-bond donors (Lipinski definition) is 1. The molecule has 0 amide bonds. The maximum Gasteiger partial charge on any atom is 0.119 e. The van der Waals surface area contributed by atoms with Crippen molar-refractivity contribution >= 4 is 11.6 Å². The van der Waals surface area contributed by atoms with Gasteiger partial charge >= 0.3 is 0 Å². The highest BCUT2D eigenvalue weighted by molar-refractivity contribution is 6.31. The molecule has 0 radical (unpaired) electrons. The van der Waals surface area contributed by atoms with Gasteiger partial charge in [0.1, 0.15) is 5.75 Å². The maximum absolute atomic E-state index is 6.06. The summed E-state index contributed by atoms with van der Waals surface area (Å²) in [7, 11) is 1.63. The first-order chi connectivity index (χ1) is 6.56. The summed E-state index contributed by atoms with van der Waals surface area (Å²) in [5.74, 6) is 1.15. The lowest BCUT2D eigenvalue weighted by Gasteiger charge is -2.18. The van der Waals surface area contributed by atoms with Gasteiger partial charge in [-0.25, -0.2) is 0 Å². The molecular formula is C11H16ClNO. The van der Waals surface area contributed by atoms with Crippen LogP contribution in [0.1, 0.15) is 25.5 Å². The van der Waals surface area contributed by atoms with Gasteiger partial charge in [0.15, 0.2) is 0 Å². The van der Waals surface area contributed by atoms with Gasteiger partial charge in [-0.1, -0.05) is 25.4 Å². The van der Waals surface area contributed by atoms with Crippen LogP contribution in [0.3, 0.4) is 0 Å². The molecule has 0 fully saturated rings. The fourth-order valence-corrected chi connectivity index (χ4v) is 1.51. The first kappa shape index (κ1) is 11.3. The van der Waals surface area contributed by atoms with Crippen LogP contribution in [0.25, 0.3) is 0 Å². The van der Waals surface area contributed by atoms with Crippen molar-refractivity contribution in [1.29, 1.82) is 0 Å².